The molecule has 0 spiro atoms. The highest BCUT2D eigenvalue weighted by molar-refractivity contribution is 6.30. The minimum atomic E-state index is 0.306. The van der Waals surface area contributed by atoms with E-state index in [4.69, 9.17) is 16.3 Å². The molecule has 0 amide bonds. The van der Waals surface area contributed by atoms with Gasteiger partial charge in [0.25, 0.3) is 0 Å². The molecule has 0 radical (unpaired) electrons. The number of aromatic nitrogens is 2. The van der Waals surface area contributed by atoms with Crippen LogP contribution in [0.5, 0.6) is 0 Å². The summed E-state index contributed by atoms with van der Waals surface area (Å²) in [5, 5.41) is 3.97. The van der Waals surface area contributed by atoms with Crippen LogP contribution in [0.15, 0.2) is 0 Å². The molecule has 0 saturated carbocycles. The molecule has 94 valence electrons. The number of anilines is 1. The van der Waals surface area contributed by atoms with Gasteiger partial charge < -0.3 is 10.1 Å². The van der Waals surface area contributed by atoms with E-state index in [1.807, 2.05) is 13.8 Å². The molecule has 0 aliphatic carbocycles. The number of halogens is 1. The van der Waals surface area contributed by atoms with Crippen LogP contribution >= 0.6 is 11.6 Å². The largest absolute Gasteiger partial charge is 0.378 e. The molecule has 1 N–H and O–H groups in total. The lowest BCUT2D eigenvalue weighted by molar-refractivity contribution is 0.0231. The summed E-state index contributed by atoms with van der Waals surface area (Å²) >= 11 is 6.05. The lowest BCUT2D eigenvalue weighted by Gasteiger charge is -2.28. The fraction of sp³-hybridized carbons (Fsp3) is 0.667. The van der Waals surface area contributed by atoms with Crippen molar-refractivity contribution in [2.75, 3.05) is 11.9 Å². The summed E-state index contributed by atoms with van der Waals surface area (Å²) < 4.78 is 5.52. The van der Waals surface area contributed by atoms with E-state index < -0.39 is 0 Å². The zero-order chi connectivity index (χ0) is 12.4. The van der Waals surface area contributed by atoms with Gasteiger partial charge in [0.2, 0.25) is 0 Å². The Morgan fingerprint density at radius 2 is 2.12 bits per heavy atom. The molecule has 17 heavy (non-hydrogen) atoms. The standard InChI is InChI=1S/C12H18ClN3O/c1-7-6-10(4-5-17-7)16-12-8(2)11(13)14-9(3)15-12/h7,10H,4-6H2,1-3H3,(H,14,15,16). The van der Waals surface area contributed by atoms with Gasteiger partial charge in [-0.15, -0.1) is 0 Å². The van der Waals surface area contributed by atoms with Gasteiger partial charge in [-0.25, -0.2) is 9.97 Å². The summed E-state index contributed by atoms with van der Waals surface area (Å²) in [5.74, 6) is 1.55. The summed E-state index contributed by atoms with van der Waals surface area (Å²) in [6.45, 7) is 6.69. The third-order valence-corrected chi connectivity index (χ3v) is 3.39. The van der Waals surface area contributed by atoms with Gasteiger partial charge in [0.05, 0.1) is 6.10 Å². The predicted molar refractivity (Wildman–Crippen MR) is 68.6 cm³/mol. The first-order valence-electron chi connectivity index (χ1n) is 5.95. The number of rotatable bonds is 2. The van der Waals surface area contributed by atoms with Crippen molar-refractivity contribution in [2.45, 2.75) is 45.8 Å². The Morgan fingerprint density at radius 3 is 2.82 bits per heavy atom. The lowest BCUT2D eigenvalue weighted by Crippen LogP contribution is -2.33. The highest BCUT2D eigenvalue weighted by Crippen LogP contribution is 2.23. The predicted octanol–water partition coefficient (Wildman–Crippen LogP) is 2.73. The topological polar surface area (TPSA) is 47.0 Å². The highest BCUT2D eigenvalue weighted by Gasteiger charge is 2.20. The van der Waals surface area contributed by atoms with Crippen LogP contribution in [0.25, 0.3) is 0 Å². The third-order valence-electron chi connectivity index (χ3n) is 3.02. The Hall–Kier alpha value is -0.870. The molecule has 2 heterocycles. The fourth-order valence-electron chi connectivity index (χ4n) is 2.06. The summed E-state index contributed by atoms with van der Waals surface area (Å²) in [6.07, 6.45) is 2.31. The van der Waals surface area contributed by atoms with Crippen LogP contribution in [0.4, 0.5) is 5.82 Å². The van der Waals surface area contributed by atoms with Crippen molar-refractivity contribution in [1.82, 2.24) is 9.97 Å². The van der Waals surface area contributed by atoms with Gasteiger partial charge in [0.15, 0.2) is 0 Å². The normalized spacial score (nSPS) is 24.7. The summed E-state index contributed by atoms with van der Waals surface area (Å²) in [5.41, 5.74) is 0.913. The molecule has 2 atom stereocenters. The first-order valence-corrected chi connectivity index (χ1v) is 6.33. The van der Waals surface area contributed by atoms with E-state index in [-0.39, 0.29) is 0 Å². The molecule has 1 aromatic rings. The highest BCUT2D eigenvalue weighted by atomic mass is 35.5. The average Bonchev–Trinajstić information content (AvgIpc) is 2.25. The van der Waals surface area contributed by atoms with Gasteiger partial charge in [-0.2, -0.15) is 0 Å². The van der Waals surface area contributed by atoms with Crippen molar-refractivity contribution in [3.63, 3.8) is 0 Å². The maximum Gasteiger partial charge on any atom is 0.137 e. The van der Waals surface area contributed by atoms with E-state index in [1.54, 1.807) is 0 Å². The number of nitrogens with one attached hydrogen (secondary N) is 1. The summed E-state index contributed by atoms with van der Waals surface area (Å²) in [4.78, 5) is 8.54. The summed E-state index contributed by atoms with van der Waals surface area (Å²) in [6, 6.07) is 0.405. The number of hydrogen-bond acceptors (Lipinski definition) is 4. The van der Waals surface area contributed by atoms with E-state index in [0.717, 1.165) is 30.8 Å². The first-order chi connectivity index (χ1) is 8.06. The van der Waals surface area contributed by atoms with Crippen LogP contribution in [0.1, 0.15) is 31.2 Å². The Kier molecular flexibility index (Phi) is 3.84. The van der Waals surface area contributed by atoms with Crippen molar-refractivity contribution in [1.29, 1.82) is 0 Å². The van der Waals surface area contributed by atoms with Crippen molar-refractivity contribution in [3.8, 4) is 0 Å². The molecular weight excluding hydrogens is 238 g/mol. The number of ether oxygens (including phenoxy) is 1. The average molecular weight is 256 g/mol. The van der Waals surface area contributed by atoms with Crippen LogP contribution in [-0.2, 0) is 4.74 Å². The van der Waals surface area contributed by atoms with Crippen molar-refractivity contribution < 1.29 is 4.74 Å². The van der Waals surface area contributed by atoms with E-state index in [9.17, 15) is 0 Å². The maximum atomic E-state index is 6.05. The Balaban J connectivity index is 2.12. The minimum Gasteiger partial charge on any atom is -0.378 e. The van der Waals surface area contributed by atoms with E-state index >= 15 is 0 Å². The molecule has 5 heteroatoms. The molecule has 1 saturated heterocycles. The number of nitrogens with zero attached hydrogens (tertiary/aromatic N) is 2. The third kappa shape index (κ3) is 3.07. The lowest BCUT2D eigenvalue weighted by atomic mass is 10.0. The molecule has 4 nitrogen and oxygen atoms in total. The summed E-state index contributed by atoms with van der Waals surface area (Å²) in [7, 11) is 0. The maximum absolute atomic E-state index is 6.05. The van der Waals surface area contributed by atoms with Gasteiger partial charge in [-0.05, 0) is 33.6 Å². The van der Waals surface area contributed by atoms with Crippen molar-refractivity contribution in [2.24, 2.45) is 0 Å². The molecule has 1 fully saturated rings. The molecule has 0 bridgehead atoms. The van der Waals surface area contributed by atoms with E-state index in [1.165, 1.54) is 0 Å². The fourth-order valence-corrected chi connectivity index (χ4v) is 2.27. The zero-order valence-electron chi connectivity index (χ0n) is 10.5. The van der Waals surface area contributed by atoms with Gasteiger partial charge in [-0.1, -0.05) is 11.6 Å². The van der Waals surface area contributed by atoms with Crippen molar-refractivity contribution >= 4 is 17.4 Å². The second kappa shape index (κ2) is 5.19. The second-order valence-corrected chi connectivity index (χ2v) is 4.94. The molecule has 1 aliphatic heterocycles. The van der Waals surface area contributed by atoms with Gasteiger partial charge in [0.1, 0.15) is 16.8 Å². The second-order valence-electron chi connectivity index (χ2n) is 4.58. The Bertz CT molecular complexity index is 411. The smallest absolute Gasteiger partial charge is 0.137 e. The molecule has 1 aliphatic rings. The zero-order valence-corrected chi connectivity index (χ0v) is 11.2. The molecule has 0 aromatic carbocycles. The number of aryl methyl sites for hydroxylation is 1. The van der Waals surface area contributed by atoms with Gasteiger partial charge >= 0.3 is 0 Å². The molecule has 1 aromatic heterocycles. The van der Waals surface area contributed by atoms with Crippen LogP contribution < -0.4 is 5.32 Å². The first kappa shape index (κ1) is 12.6. The SMILES string of the molecule is Cc1nc(Cl)c(C)c(NC2CCOC(C)C2)n1. The van der Waals surface area contributed by atoms with Crippen LogP contribution in [-0.4, -0.2) is 28.7 Å². The molecule has 2 rings (SSSR count). The molecular formula is C12H18ClN3O. The number of hydrogen-bond donors (Lipinski definition) is 1. The van der Waals surface area contributed by atoms with Crippen LogP contribution in [0.3, 0.4) is 0 Å². The van der Waals surface area contributed by atoms with Crippen LogP contribution in [0, 0.1) is 13.8 Å². The van der Waals surface area contributed by atoms with Gasteiger partial charge in [-0.3, -0.25) is 0 Å². The Labute approximate surface area is 107 Å². The molecule has 2 unspecified atom stereocenters. The van der Waals surface area contributed by atoms with E-state index in [0.29, 0.717) is 23.1 Å². The van der Waals surface area contributed by atoms with Crippen LogP contribution in [0.2, 0.25) is 5.15 Å². The minimum absolute atomic E-state index is 0.306. The van der Waals surface area contributed by atoms with Crippen molar-refractivity contribution in [3.05, 3.63) is 16.5 Å². The monoisotopic (exact) mass is 255 g/mol. The quantitative estimate of drug-likeness (QED) is 0.826. The Morgan fingerprint density at radius 1 is 1.35 bits per heavy atom. The van der Waals surface area contributed by atoms with Gasteiger partial charge in [0, 0.05) is 18.2 Å². The van der Waals surface area contributed by atoms with E-state index in [2.05, 4.69) is 22.2 Å².